The standard InChI is InChI=1S/C20H18N2O2S/c1-3-21-16-8-6-5-7-14(16)15-10-9-13(11-17(15)21)12-18-19(23)22(4-2)20(25)24-18/h5-12H,3-4H2,1-2H3. The maximum Gasteiger partial charge on any atom is 0.297 e. The molecule has 4 rings (SSSR count). The molecule has 0 spiro atoms. The average Bonchev–Trinajstić information content (AvgIpc) is 3.08. The first-order chi connectivity index (χ1) is 12.1. The van der Waals surface area contributed by atoms with Crippen LogP contribution in [0.15, 0.2) is 48.2 Å². The van der Waals surface area contributed by atoms with Gasteiger partial charge in [-0.05, 0) is 49.8 Å². The van der Waals surface area contributed by atoms with E-state index in [1.165, 1.54) is 21.2 Å². The highest BCUT2D eigenvalue weighted by atomic mass is 32.1. The predicted molar refractivity (Wildman–Crippen MR) is 104 cm³/mol. The van der Waals surface area contributed by atoms with Crippen LogP contribution in [-0.4, -0.2) is 27.1 Å². The largest absolute Gasteiger partial charge is 0.426 e. The van der Waals surface area contributed by atoms with Crippen LogP contribution in [0, 0.1) is 0 Å². The van der Waals surface area contributed by atoms with Gasteiger partial charge in [0.05, 0.1) is 0 Å². The summed E-state index contributed by atoms with van der Waals surface area (Å²) in [5.74, 6) is 0.106. The van der Waals surface area contributed by atoms with Crippen molar-refractivity contribution in [2.24, 2.45) is 0 Å². The van der Waals surface area contributed by atoms with Gasteiger partial charge < -0.3 is 9.30 Å². The normalized spacial score (nSPS) is 16.4. The molecular weight excluding hydrogens is 332 g/mol. The number of hydrogen-bond acceptors (Lipinski definition) is 3. The summed E-state index contributed by atoms with van der Waals surface area (Å²) in [7, 11) is 0. The maximum atomic E-state index is 12.3. The summed E-state index contributed by atoms with van der Waals surface area (Å²) >= 11 is 5.11. The van der Waals surface area contributed by atoms with Crippen LogP contribution >= 0.6 is 12.2 Å². The van der Waals surface area contributed by atoms with Crippen molar-refractivity contribution in [3.05, 3.63) is 53.8 Å². The third kappa shape index (κ3) is 2.43. The number of aromatic nitrogens is 1. The summed E-state index contributed by atoms with van der Waals surface area (Å²) in [4.78, 5) is 13.8. The number of carbonyl (C=O) groups excluding carboxylic acids is 1. The number of carbonyl (C=O) groups is 1. The van der Waals surface area contributed by atoms with Crippen LogP contribution in [0.2, 0.25) is 0 Å². The lowest BCUT2D eigenvalue weighted by atomic mass is 10.1. The van der Waals surface area contributed by atoms with Crippen molar-refractivity contribution in [2.45, 2.75) is 20.4 Å². The number of fused-ring (bicyclic) bond motifs is 3. The van der Waals surface area contributed by atoms with Crippen molar-refractivity contribution in [2.75, 3.05) is 6.54 Å². The number of ether oxygens (including phenoxy) is 1. The van der Waals surface area contributed by atoms with E-state index in [2.05, 4.69) is 47.9 Å². The van der Waals surface area contributed by atoms with E-state index in [4.69, 9.17) is 17.0 Å². The minimum absolute atomic E-state index is 0.177. The van der Waals surface area contributed by atoms with Crippen molar-refractivity contribution < 1.29 is 9.53 Å². The van der Waals surface area contributed by atoms with Crippen LogP contribution in [-0.2, 0) is 16.1 Å². The number of nitrogens with zero attached hydrogens (tertiary/aromatic N) is 2. The van der Waals surface area contributed by atoms with Gasteiger partial charge in [-0.15, -0.1) is 0 Å². The lowest BCUT2D eigenvalue weighted by molar-refractivity contribution is -0.122. The molecule has 1 fully saturated rings. The van der Waals surface area contributed by atoms with Crippen molar-refractivity contribution in [1.82, 2.24) is 9.47 Å². The molecule has 0 unspecified atom stereocenters. The highest BCUT2D eigenvalue weighted by Crippen LogP contribution is 2.30. The molecule has 0 radical (unpaired) electrons. The molecule has 2 heterocycles. The fourth-order valence-corrected chi connectivity index (χ4v) is 3.72. The Hall–Kier alpha value is -2.66. The maximum absolute atomic E-state index is 12.3. The fraction of sp³-hybridized carbons (Fsp3) is 0.200. The highest BCUT2D eigenvalue weighted by molar-refractivity contribution is 7.80. The van der Waals surface area contributed by atoms with Gasteiger partial charge in [0.25, 0.3) is 11.1 Å². The van der Waals surface area contributed by atoms with Gasteiger partial charge in [-0.2, -0.15) is 0 Å². The van der Waals surface area contributed by atoms with Crippen molar-refractivity contribution >= 4 is 51.2 Å². The zero-order chi connectivity index (χ0) is 17.6. The summed E-state index contributed by atoms with van der Waals surface area (Å²) in [5, 5.41) is 2.68. The molecule has 0 aliphatic carbocycles. The second-order valence-corrected chi connectivity index (χ2v) is 6.31. The topological polar surface area (TPSA) is 34.5 Å². The summed E-state index contributed by atoms with van der Waals surface area (Å²) in [6.45, 7) is 5.41. The second-order valence-electron chi connectivity index (χ2n) is 5.96. The molecule has 0 atom stereocenters. The molecule has 25 heavy (non-hydrogen) atoms. The van der Waals surface area contributed by atoms with E-state index in [1.807, 2.05) is 13.0 Å². The molecule has 5 heteroatoms. The lowest BCUT2D eigenvalue weighted by Crippen LogP contribution is -2.27. The molecule has 3 aromatic rings. The van der Waals surface area contributed by atoms with Gasteiger partial charge in [0, 0.05) is 34.9 Å². The Morgan fingerprint density at radius 2 is 1.80 bits per heavy atom. The molecule has 4 nitrogen and oxygen atoms in total. The monoisotopic (exact) mass is 350 g/mol. The zero-order valence-electron chi connectivity index (χ0n) is 14.2. The molecule has 1 saturated heterocycles. The zero-order valence-corrected chi connectivity index (χ0v) is 15.0. The number of rotatable bonds is 3. The second kappa shape index (κ2) is 6.01. The molecule has 2 aromatic carbocycles. The lowest BCUT2D eigenvalue weighted by Gasteiger charge is -2.06. The van der Waals surface area contributed by atoms with Crippen molar-refractivity contribution in [3.8, 4) is 0 Å². The van der Waals surface area contributed by atoms with Crippen molar-refractivity contribution in [3.63, 3.8) is 0 Å². The van der Waals surface area contributed by atoms with Crippen LogP contribution in [0.1, 0.15) is 19.4 Å². The van der Waals surface area contributed by atoms with E-state index in [0.717, 1.165) is 17.6 Å². The average molecular weight is 350 g/mol. The molecular formula is C20H18N2O2S. The van der Waals surface area contributed by atoms with Crippen LogP contribution in [0.4, 0.5) is 0 Å². The number of amides is 1. The first kappa shape index (κ1) is 15.8. The SMILES string of the molecule is CCN1C(=O)C(=Cc2ccc3c4ccccc4n(CC)c3c2)OC1=S. The van der Waals surface area contributed by atoms with Crippen LogP contribution < -0.4 is 0 Å². The quantitative estimate of drug-likeness (QED) is 0.521. The molecule has 0 saturated carbocycles. The van der Waals surface area contributed by atoms with Gasteiger partial charge in [-0.25, -0.2) is 0 Å². The molecule has 0 N–H and O–H groups in total. The minimum Gasteiger partial charge on any atom is -0.426 e. The van der Waals surface area contributed by atoms with E-state index in [0.29, 0.717) is 6.54 Å². The Bertz CT molecular complexity index is 1050. The fourth-order valence-electron chi connectivity index (χ4n) is 3.42. The molecule has 126 valence electrons. The van der Waals surface area contributed by atoms with Gasteiger partial charge >= 0.3 is 0 Å². The predicted octanol–water partition coefficient (Wildman–Crippen LogP) is 4.32. The third-order valence-corrected chi connectivity index (χ3v) is 4.91. The Kier molecular flexibility index (Phi) is 3.81. The van der Waals surface area contributed by atoms with E-state index >= 15 is 0 Å². The van der Waals surface area contributed by atoms with Crippen LogP contribution in [0.5, 0.6) is 0 Å². The Morgan fingerprint density at radius 3 is 2.52 bits per heavy atom. The molecule has 0 bridgehead atoms. The Labute approximate surface area is 151 Å². The molecule has 1 aromatic heterocycles. The summed E-state index contributed by atoms with van der Waals surface area (Å²) in [6.07, 6.45) is 1.77. The first-order valence-corrected chi connectivity index (χ1v) is 8.81. The van der Waals surface area contributed by atoms with Gasteiger partial charge in [0.1, 0.15) is 0 Å². The number of aryl methyl sites for hydroxylation is 1. The summed E-state index contributed by atoms with van der Waals surface area (Å²) in [5.41, 5.74) is 3.30. The van der Waals surface area contributed by atoms with E-state index in [9.17, 15) is 4.79 Å². The van der Waals surface area contributed by atoms with Crippen LogP contribution in [0.3, 0.4) is 0 Å². The molecule has 1 aliphatic rings. The Balaban J connectivity index is 1.85. The van der Waals surface area contributed by atoms with Gasteiger partial charge in [-0.3, -0.25) is 9.69 Å². The molecule has 1 aliphatic heterocycles. The summed E-state index contributed by atoms with van der Waals surface area (Å²) in [6, 6.07) is 14.6. The van der Waals surface area contributed by atoms with E-state index in [-0.39, 0.29) is 16.8 Å². The summed E-state index contributed by atoms with van der Waals surface area (Å²) < 4.78 is 7.76. The highest BCUT2D eigenvalue weighted by Gasteiger charge is 2.31. The number of para-hydroxylation sites is 1. The van der Waals surface area contributed by atoms with E-state index < -0.39 is 0 Å². The van der Waals surface area contributed by atoms with Crippen LogP contribution in [0.25, 0.3) is 27.9 Å². The van der Waals surface area contributed by atoms with E-state index in [1.54, 1.807) is 6.08 Å². The minimum atomic E-state index is -0.177. The first-order valence-electron chi connectivity index (χ1n) is 8.40. The van der Waals surface area contributed by atoms with Gasteiger partial charge in [0.2, 0.25) is 0 Å². The smallest absolute Gasteiger partial charge is 0.297 e. The number of thiocarbonyl (C=S) groups is 1. The Morgan fingerprint density at radius 1 is 1.04 bits per heavy atom. The number of likely N-dealkylation sites (N-methyl/N-ethyl adjacent to an activating group) is 1. The van der Waals surface area contributed by atoms with Gasteiger partial charge in [-0.1, -0.05) is 30.3 Å². The third-order valence-electron chi connectivity index (χ3n) is 4.60. The molecule has 1 amide bonds. The number of benzene rings is 2. The van der Waals surface area contributed by atoms with Gasteiger partial charge in [0.15, 0.2) is 5.76 Å². The number of hydrogen-bond donors (Lipinski definition) is 0. The van der Waals surface area contributed by atoms with Crippen molar-refractivity contribution in [1.29, 1.82) is 0 Å².